The maximum absolute atomic E-state index is 14.8. The number of hydrogen-bond donors (Lipinski definition) is 1. The molecule has 3 atom stereocenters. The number of methoxy groups -OCH3 is 1. The van der Waals surface area contributed by atoms with Gasteiger partial charge in [0.05, 0.1) is 36.5 Å². The monoisotopic (exact) mass is 685 g/mol. The molecular weight excluding hydrogens is 639 g/mol. The number of nitrogens with one attached hydrogen (secondary N) is 1. The van der Waals surface area contributed by atoms with Crippen LogP contribution in [0, 0.1) is 5.92 Å². The summed E-state index contributed by atoms with van der Waals surface area (Å²) in [5.41, 5.74) is 2.17. The van der Waals surface area contributed by atoms with E-state index in [-0.39, 0.29) is 55.1 Å². The van der Waals surface area contributed by atoms with E-state index in [1.165, 1.54) is 0 Å². The molecule has 1 N–H and O–H groups in total. The Kier molecular flexibility index (Phi) is 11.7. The first-order chi connectivity index (χ1) is 23.4. The lowest BCUT2D eigenvalue weighted by Gasteiger charge is -2.46. The molecule has 3 aromatic carbocycles. The highest BCUT2D eigenvalue weighted by Gasteiger charge is 2.51. The molecule has 1 aliphatic carbocycles. The van der Waals surface area contributed by atoms with E-state index >= 15 is 0 Å². The largest absolute Gasteiger partial charge is 0.496 e. The molecule has 10 heteroatoms. The first kappa shape index (κ1) is 36.0. The number of para-hydroxylation sites is 1. The van der Waals surface area contributed by atoms with Gasteiger partial charge >= 0.3 is 5.97 Å². The van der Waals surface area contributed by atoms with E-state index in [0.717, 1.165) is 23.1 Å². The van der Waals surface area contributed by atoms with Crippen LogP contribution in [0.3, 0.4) is 0 Å². The second-order valence-electron chi connectivity index (χ2n) is 13.1. The van der Waals surface area contributed by atoms with E-state index in [1.54, 1.807) is 26.2 Å². The maximum Gasteiger partial charge on any atom is 0.310 e. The average molecular weight is 686 g/mol. The van der Waals surface area contributed by atoms with Gasteiger partial charge in [-0.2, -0.15) is 13.5 Å². The van der Waals surface area contributed by atoms with Gasteiger partial charge in [-0.05, 0) is 74.3 Å². The molecule has 3 aliphatic rings. The zero-order valence-corrected chi connectivity index (χ0v) is 29.4. The highest BCUT2D eigenvalue weighted by atomic mass is 32.1. The van der Waals surface area contributed by atoms with E-state index in [4.69, 9.17) is 9.47 Å². The summed E-state index contributed by atoms with van der Waals surface area (Å²) in [6, 6.07) is 24.9. The molecule has 9 nitrogen and oxygen atoms in total. The molecule has 2 saturated heterocycles. The van der Waals surface area contributed by atoms with Crippen molar-refractivity contribution in [3.05, 3.63) is 101 Å². The molecular formula is C39H47N3O6S. The fourth-order valence-electron chi connectivity index (χ4n) is 7.91. The van der Waals surface area contributed by atoms with Gasteiger partial charge in [0.1, 0.15) is 5.75 Å². The average Bonchev–Trinajstić information content (AvgIpc) is 3.14. The summed E-state index contributed by atoms with van der Waals surface area (Å²) in [5.74, 6) is -0.573. The minimum atomic E-state index is -0.971. The predicted octanol–water partition coefficient (Wildman–Crippen LogP) is 5.19. The zero-order valence-electron chi connectivity index (χ0n) is 28.4. The van der Waals surface area contributed by atoms with Crippen molar-refractivity contribution in [2.45, 2.75) is 62.8 Å². The topological polar surface area (TPSA) is 105 Å². The molecule has 260 valence electrons. The Balaban J connectivity index is 0.00000468. The van der Waals surface area contributed by atoms with Crippen molar-refractivity contribution in [1.82, 2.24) is 15.1 Å². The summed E-state index contributed by atoms with van der Waals surface area (Å²) < 4.78 is 10.7. The van der Waals surface area contributed by atoms with Gasteiger partial charge in [-0.15, -0.1) is 0 Å². The number of nitrogens with zero attached hydrogens (tertiary/aromatic N) is 2. The minimum Gasteiger partial charge on any atom is -0.496 e. The van der Waals surface area contributed by atoms with Crippen LogP contribution in [0.5, 0.6) is 5.75 Å². The number of rotatable bonds is 8. The fraction of sp³-hybridized carbons (Fsp3) is 0.436. The molecule has 3 aromatic rings. The Morgan fingerprint density at radius 2 is 1.53 bits per heavy atom. The summed E-state index contributed by atoms with van der Waals surface area (Å²) >= 11 is 0. The maximum atomic E-state index is 14.8. The second kappa shape index (κ2) is 15.9. The Hall–Kier alpha value is -4.31. The number of carbonyl (C=O) groups is 4. The molecule has 6 rings (SSSR count). The third-order valence-corrected chi connectivity index (χ3v) is 10.4. The lowest BCUT2D eigenvalue weighted by molar-refractivity contribution is -0.152. The third-order valence-electron chi connectivity index (χ3n) is 10.4. The Morgan fingerprint density at radius 3 is 2.27 bits per heavy atom. The highest BCUT2D eigenvalue weighted by molar-refractivity contribution is 7.59. The summed E-state index contributed by atoms with van der Waals surface area (Å²) in [4.78, 5) is 58.5. The van der Waals surface area contributed by atoms with Gasteiger partial charge in [-0.3, -0.25) is 19.2 Å². The van der Waals surface area contributed by atoms with Gasteiger partial charge in [0.2, 0.25) is 11.8 Å². The van der Waals surface area contributed by atoms with Crippen LogP contribution in [0.2, 0.25) is 0 Å². The Bertz CT molecular complexity index is 1640. The van der Waals surface area contributed by atoms with Crippen LogP contribution in [0.15, 0.2) is 78.9 Å². The molecule has 2 heterocycles. The van der Waals surface area contributed by atoms with Crippen LogP contribution in [0.4, 0.5) is 0 Å². The fourth-order valence-corrected chi connectivity index (χ4v) is 7.91. The molecule has 1 unspecified atom stereocenters. The highest BCUT2D eigenvalue weighted by Crippen LogP contribution is 2.49. The Morgan fingerprint density at radius 1 is 0.837 bits per heavy atom. The number of carbonyl (C=O) groups excluding carboxylic acids is 4. The van der Waals surface area contributed by atoms with Crippen LogP contribution < -0.4 is 10.1 Å². The summed E-state index contributed by atoms with van der Waals surface area (Å²) in [6.45, 7) is 4.11. The number of piperidine rings is 2. The molecule has 0 aromatic heterocycles. The second-order valence-corrected chi connectivity index (χ2v) is 13.1. The van der Waals surface area contributed by atoms with Crippen LogP contribution >= 0.6 is 13.5 Å². The van der Waals surface area contributed by atoms with Gasteiger partial charge in [-0.1, -0.05) is 66.7 Å². The minimum absolute atomic E-state index is 0. The molecule has 3 amide bonds. The molecule has 49 heavy (non-hydrogen) atoms. The lowest BCUT2D eigenvalue weighted by Crippen LogP contribution is -2.54. The SMILES string of the molecule is CCOC(=O)C1CCCN(C(=O)[C@@]2(c3ccccc3)CC[C@H](C(=O)N3CCC(NC(=O)c4ccccc4OC)CC3)c3ccccc32)C1.S. The quantitative estimate of drug-likeness (QED) is 0.327. The number of esters is 1. The van der Waals surface area contributed by atoms with E-state index in [1.807, 2.05) is 76.5 Å². The number of ether oxygens (including phenoxy) is 2. The number of benzene rings is 3. The van der Waals surface area contributed by atoms with Crippen LogP contribution in [-0.4, -0.2) is 79.4 Å². The lowest BCUT2D eigenvalue weighted by atomic mass is 9.62. The van der Waals surface area contributed by atoms with Gasteiger partial charge in [0.15, 0.2) is 0 Å². The molecule has 0 bridgehead atoms. The van der Waals surface area contributed by atoms with Crippen molar-refractivity contribution in [3.8, 4) is 5.75 Å². The van der Waals surface area contributed by atoms with Crippen molar-refractivity contribution in [3.63, 3.8) is 0 Å². The zero-order chi connectivity index (χ0) is 33.7. The van der Waals surface area contributed by atoms with Crippen LogP contribution in [-0.2, 0) is 24.5 Å². The number of amides is 3. The standard InChI is InChI=1S/C39H45N3O6.H2S/c1-3-48-37(45)27-12-11-23-42(26-27)38(46)39(28-13-5-4-6-14-28)22-19-31(30-15-7-9-17-33(30)39)36(44)41-24-20-29(21-25-41)40-35(43)32-16-8-10-18-34(32)47-2;/h4-10,13-18,27,29,31H,3,11-12,19-26H2,1-2H3,(H,40,43);1H2/t27?,31-,39+;/m0./s1. The van der Waals surface area contributed by atoms with Crippen molar-refractivity contribution in [2.75, 3.05) is 39.9 Å². The number of fused-ring (bicyclic) bond motifs is 1. The van der Waals surface area contributed by atoms with E-state index in [9.17, 15) is 19.2 Å². The molecule has 2 fully saturated rings. The molecule has 0 radical (unpaired) electrons. The van der Waals surface area contributed by atoms with Gasteiger partial charge in [0, 0.05) is 32.2 Å². The van der Waals surface area contributed by atoms with Crippen molar-refractivity contribution in [1.29, 1.82) is 0 Å². The van der Waals surface area contributed by atoms with E-state index < -0.39 is 5.41 Å². The smallest absolute Gasteiger partial charge is 0.310 e. The Labute approximate surface area is 295 Å². The van der Waals surface area contributed by atoms with Crippen LogP contribution in [0.1, 0.15) is 78.4 Å². The van der Waals surface area contributed by atoms with Crippen molar-refractivity contribution < 1.29 is 28.7 Å². The predicted molar refractivity (Wildman–Crippen MR) is 192 cm³/mol. The van der Waals surface area contributed by atoms with Gasteiger partial charge < -0.3 is 24.6 Å². The molecule has 0 saturated carbocycles. The molecule has 0 spiro atoms. The molecule has 2 aliphatic heterocycles. The third kappa shape index (κ3) is 7.20. The van der Waals surface area contributed by atoms with E-state index in [2.05, 4.69) is 5.32 Å². The first-order valence-electron chi connectivity index (χ1n) is 17.2. The van der Waals surface area contributed by atoms with Crippen LogP contribution in [0.25, 0.3) is 0 Å². The summed E-state index contributed by atoms with van der Waals surface area (Å²) in [7, 11) is 1.55. The van der Waals surface area contributed by atoms with Crippen molar-refractivity contribution >= 4 is 37.2 Å². The normalized spacial score (nSPS) is 22.2. The van der Waals surface area contributed by atoms with Crippen molar-refractivity contribution in [2.24, 2.45) is 5.92 Å². The number of likely N-dealkylation sites (tertiary alicyclic amines) is 2. The summed E-state index contributed by atoms with van der Waals surface area (Å²) in [5, 5.41) is 3.13. The first-order valence-corrected chi connectivity index (χ1v) is 17.2. The summed E-state index contributed by atoms with van der Waals surface area (Å²) in [6.07, 6.45) is 3.76. The van der Waals surface area contributed by atoms with Gasteiger partial charge in [-0.25, -0.2) is 0 Å². The van der Waals surface area contributed by atoms with E-state index in [0.29, 0.717) is 76.2 Å². The van der Waals surface area contributed by atoms with Gasteiger partial charge in [0.25, 0.3) is 5.91 Å². The number of hydrogen-bond acceptors (Lipinski definition) is 6.